The summed E-state index contributed by atoms with van der Waals surface area (Å²) in [5, 5.41) is 0. The smallest absolute Gasteiger partial charge is 0.398 e. The molecule has 2 rings (SSSR count). The van der Waals surface area contributed by atoms with Gasteiger partial charge in [-0.1, -0.05) is 13.0 Å². The number of alkyl halides is 3. The number of hydrogen-bond acceptors (Lipinski definition) is 2. The van der Waals surface area contributed by atoms with E-state index >= 15 is 0 Å². The molecule has 0 amide bonds. The minimum absolute atomic E-state index is 0.254. The zero-order valence-electron chi connectivity index (χ0n) is 11.0. The molecule has 1 atom stereocenters. The molecule has 106 valence electrons. The quantitative estimate of drug-likeness (QED) is 0.856. The standard InChI is InChI=1S/C14H19F3N2/c1-2-19-6-5-10(9-19)7-11-3-4-12(8-13(11)18)14(15,16)17/h3-4,8,10H,2,5-7,9,18H2,1H3. The highest BCUT2D eigenvalue weighted by Crippen LogP contribution is 2.32. The maximum Gasteiger partial charge on any atom is 0.416 e. The number of halogens is 3. The molecule has 1 saturated heterocycles. The Morgan fingerprint density at radius 1 is 1.37 bits per heavy atom. The molecule has 1 aromatic rings. The molecule has 1 heterocycles. The van der Waals surface area contributed by atoms with Crippen LogP contribution in [0.5, 0.6) is 0 Å². The Morgan fingerprint density at radius 2 is 2.11 bits per heavy atom. The highest BCUT2D eigenvalue weighted by Gasteiger charge is 2.31. The van der Waals surface area contributed by atoms with E-state index in [1.54, 1.807) is 0 Å². The van der Waals surface area contributed by atoms with Gasteiger partial charge >= 0.3 is 6.18 Å². The monoisotopic (exact) mass is 272 g/mol. The molecular formula is C14H19F3N2. The van der Waals surface area contributed by atoms with Gasteiger partial charge in [0, 0.05) is 12.2 Å². The van der Waals surface area contributed by atoms with Crippen molar-refractivity contribution in [1.82, 2.24) is 4.90 Å². The zero-order valence-corrected chi connectivity index (χ0v) is 11.0. The summed E-state index contributed by atoms with van der Waals surface area (Å²) >= 11 is 0. The Bertz CT molecular complexity index is 443. The Hall–Kier alpha value is -1.23. The summed E-state index contributed by atoms with van der Waals surface area (Å²) in [5.41, 5.74) is 6.16. The first kappa shape index (κ1) is 14.2. The highest BCUT2D eigenvalue weighted by atomic mass is 19.4. The molecule has 1 aromatic carbocycles. The van der Waals surface area contributed by atoms with Gasteiger partial charge in [-0.05, 0) is 49.5 Å². The zero-order chi connectivity index (χ0) is 14.0. The summed E-state index contributed by atoms with van der Waals surface area (Å²) in [5.74, 6) is 0.499. The molecule has 0 aliphatic carbocycles. The van der Waals surface area contributed by atoms with Gasteiger partial charge in [-0.3, -0.25) is 0 Å². The Kier molecular flexibility index (Phi) is 4.04. The van der Waals surface area contributed by atoms with E-state index in [2.05, 4.69) is 11.8 Å². The van der Waals surface area contributed by atoms with Gasteiger partial charge in [0.25, 0.3) is 0 Å². The summed E-state index contributed by atoms with van der Waals surface area (Å²) in [4.78, 5) is 2.35. The van der Waals surface area contributed by atoms with Gasteiger partial charge in [-0.15, -0.1) is 0 Å². The number of likely N-dealkylation sites (tertiary alicyclic amines) is 1. The lowest BCUT2D eigenvalue weighted by atomic mass is 9.96. The molecule has 2 nitrogen and oxygen atoms in total. The Labute approximate surface area is 111 Å². The van der Waals surface area contributed by atoms with Crippen molar-refractivity contribution in [2.45, 2.75) is 25.9 Å². The molecule has 1 aliphatic heterocycles. The topological polar surface area (TPSA) is 29.3 Å². The molecule has 0 saturated carbocycles. The first-order valence-electron chi connectivity index (χ1n) is 6.58. The van der Waals surface area contributed by atoms with E-state index in [0.29, 0.717) is 5.92 Å². The van der Waals surface area contributed by atoms with Crippen LogP contribution in [0.3, 0.4) is 0 Å². The lowest BCUT2D eigenvalue weighted by Gasteiger charge is -2.15. The fraction of sp³-hybridized carbons (Fsp3) is 0.571. The van der Waals surface area contributed by atoms with Crippen LogP contribution in [0, 0.1) is 5.92 Å². The van der Waals surface area contributed by atoms with Gasteiger partial charge < -0.3 is 10.6 Å². The maximum absolute atomic E-state index is 12.5. The second-order valence-corrected chi connectivity index (χ2v) is 5.16. The van der Waals surface area contributed by atoms with Crippen molar-refractivity contribution in [2.75, 3.05) is 25.4 Å². The minimum Gasteiger partial charge on any atom is -0.398 e. The van der Waals surface area contributed by atoms with E-state index in [1.807, 2.05) is 0 Å². The first-order valence-corrected chi connectivity index (χ1v) is 6.58. The Morgan fingerprint density at radius 3 is 2.63 bits per heavy atom. The lowest BCUT2D eigenvalue weighted by molar-refractivity contribution is -0.137. The fourth-order valence-corrected chi connectivity index (χ4v) is 2.63. The van der Waals surface area contributed by atoms with E-state index < -0.39 is 11.7 Å². The van der Waals surface area contributed by atoms with Crippen molar-refractivity contribution in [1.29, 1.82) is 0 Å². The van der Waals surface area contributed by atoms with Gasteiger partial charge in [0.2, 0.25) is 0 Å². The van der Waals surface area contributed by atoms with Crippen LogP contribution in [-0.4, -0.2) is 24.5 Å². The number of nitrogens with zero attached hydrogens (tertiary/aromatic N) is 1. The van der Waals surface area contributed by atoms with Gasteiger partial charge in [0.15, 0.2) is 0 Å². The molecular weight excluding hydrogens is 253 g/mol. The normalized spacial score (nSPS) is 20.9. The number of anilines is 1. The number of hydrogen-bond donors (Lipinski definition) is 1. The third-order valence-electron chi connectivity index (χ3n) is 3.80. The first-order chi connectivity index (χ1) is 8.90. The number of nitrogens with two attached hydrogens (primary N) is 1. The molecule has 0 bridgehead atoms. The van der Waals surface area contributed by atoms with Crippen molar-refractivity contribution < 1.29 is 13.2 Å². The minimum atomic E-state index is -4.32. The molecule has 5 heteroatoms. The van der Waals surface area contributed by atoms with Crippen molar-refractivity contribution in [3.63, 3.8) is 0 Å². The molecule has 0 spiro atoms. The largest absolute Gasteiger partial charge is 0.416 e. The SMILES string of the molecule is CCN1CCC(Cc2ccc(C(F)(F)F)cc2N)C1. The van der Waals surface area contributed by atoms with Crippen LogP contribution in [-0.2, 0) is 12.6 Å². The third kappa shape index (κ3) is 3.41. The van der Waals surface area contributed by atoms with Crippen LogP contribution < -0.4 is 5.73 Å². The second-order valence-electron chi connectivity index (χ2n) is 5.16. The third-order valence-corrected chi connectivity index (χ3v) is 3.80. The predicted molar refractivity (Wildman–Crippen MR) is 69.8 cm³/mol. The van der Waals surface area contributed by atoms with Crippen molar-refractivity contribution >= 4 is 5.69 Å². The number of benzene rings is 1. The maximum atomic E-state index is 12.5. The molecule has 0 aromatic heterocycles. The van der Waals surface area contributed by atoms with E-state index in [-0.39, 0.29) is 5.69 Å². The summed E-state index contributed by atoms with van der Waals surface area (Å²) < 4.78 is 37.6. The van der Waals surface area contributed by atoms with Crippen LogP contribution in [0.2, 0.25) is 0 Å². The van der Waals surface area contributed by atoms with E-state index in [4.69, 9.17) is 5.73 Å². The Balaban J connectivity index is 2.06. The van der Waals surface area contributed by atoms with Crippen LogP contribution in [0.4, 0.5) is 18.9 Å². The van der Waals surface area contributed by atoms with E-state index in [0.717, 1.165) is 50.2 Å². The lowest BCUT2D eigenvalue weighted by Crippen LogP contribution is -2.20. The van der Waals surface area contributed by atoms with Crippen molar-refractivity contribution in [2.24, 2.45) is 5.92 Å². The highest BCUT2D eigenvalue weighted by molar-refractivity contribution is 5.50. The number of nitrogen functional groups attached to an aromatic ring is 1. The van der Waals surface area contributed by atoms with E-state index in [1.165, 1.54) is 6.07 Å². The van der Waals surface area contributed by atoms with Gasteiger partial charge in [-0.2, -0.15) is 13.2 Å². The second kappa shape index (κ2) is 5.41. The van der Waals surface area contributed by atoms with Crippen molar-refractivity contribution in [3.05, 3.63) is 29.3 Å². The molecule has 0 radical (unpaired) electrons. The van der Waals surface area contributed by atoms with Gasteiger partial charge in [0.05, 0.1) is 5.56 Å². The van der Waals surface area contributed by atoms with Crippen LogP contribution >= 0.6 is 0 Å². The summed E-state index contributed by atoms with van der Waals surface area (Å²) in [6.45, 7) is 5.23. The summed E-state index contributed by atoms with van der Waals surface area (Å²) in [6, 6.07) is 3.69. The van der Waals surface area contributed by atoms with Gasteiger partial charge in [0.1, 0.15) is 0 Å². The average Bonchev–Trinajstić information content (AvgIpc) is 2.78. The van der Waals surface area contributed by atoms with E-state index in [9.17, 15) is 13.2 Å². The molecule has 1 aliphatic rings. The summed E-state index contributed by atoms with van der Waals surface area (Å²) in [7, 11) is 0. The molecule has 19 heavy (non-hydrogen) atoms. The average molecular weight is 272 g/mol. The molecule has 1 unspecified atom stereocenters. The van der Waals surface area contributed by atoms with Crippen LogP contribution in [0.15, 0.2) is 18.2 Å². The number of rotatable bonds is 3. The predicted octanol–water partition coefficient (Wildman–Crippen LogP) is 3.17. The summed E-state index contributed by atoms with van der Waals surface area (Å²) in [6.07, 6.45) is -2.46. The van der Waals surface area contributed by atoms with Gasteiger partial charge in [-0.25, -0.2) is 0 Å². The van der Waals surface area contributed by atoms with Crippen molar-refractivity contribution in [3.8, 4) is 0 Å². The molecule has 2 N–H and O–H groups in total. The van der Waals surface area contributed by atoms with Crippen LogP contribution in [0.25, 0.3) is 0 Å². The molecule has 1 fully saturated rings. The fourth-order valence-electron chi connectivity index (χ4n) is 2.63. The van der Waals surface area contributed by atoms with Crippen LogP contribution in [0.1, 0.15) is 24.5 Å².